The molecule has 166 valence electrons. The monoisotopic (exact) mass is 476 g/mol. The number of carbonyl (C=O) groups is 3. The fraction of sp³-hybridized carbons (Fsp3) is 0.200. The Morgan fingerprint density at radius 1 is 1.31 bits per heavy atom. The minimum Gasteiger partial charge on any atom is -0.481 e. The van der Waals surface area contributed by atoms with Crippen molar-refractivity contribution in [1.29, 1.82) is 0 Å². The zero-order valence-electron chi connectivity index (χ0n) is 16.5. The summed E-state index contributed by atoms with van der Waals surface area (Å²) in [5.41, 5.74) is 0.860. The van der Waals surface area contributed by atoms with Gasteiger partial charge in [-0.1, -0.05) is 30.0 Å². The fourth-order valence-corrected chi connectivity index (χ4v) is 4.41. The van der Waals surface area contributed by atoms with Crippen LogP contribution in [0.15, 0.2) is 39.7 Å². The number of nitro groups is 1. The molecule has 3 rings (SSSR count). The first-order chi connectivity index (χ1) is 15.1. The number of hydrogen-bond donors (Lipinski definition) is 2. The molecule has 12 heteroatoms. The average Bonchev–Trinajstić information content (AvgIpc) is 3.27. The standard InChI is InChI=1S/C20H16N2O8S2/c1-10-2-4-12(14(8-10)22(28)29)15-6-3-11(30-15)9-16-18(25)21(20(31)32-16)13(19(26)27)5-7-17(23)24/h2-4,6,8-9,13H,5,7H2,1H3,(H,23,24)(H,26,27)/b16-9-. The van der Waals surface area contributed by atoms with Gasteiger partial charge in [-0.15, -0.1) is 0 Å². The third-order valence-corrected chi connectivity index (χ3v) is 5.90. The zero-order valence-corrected chi connectivity index (χ0v) is 18.1. The van der Waals surface area contributed by atoms with Crippen molar-refractivity contribution in [1.82, 2.24) is 4.90 Å². The molecule has 10 nitrogen and oxygen atoms in total. The molecule has 0 radical (unpaired) electrons. The predicted octanol–water partition coefficient (Wildman–Crippen LogP) is 3.68. The van der Waals surface area contributed by atoms with E-state index >= 15 is 0 Å². The summed E-state index contributed by atoms with van der Waals surface area (Å²) in [4.78, 5) is 47.0. The van der Waals surface area contributed by atoms with Gasteiger partial charge in [-0.05, 0) is 37.1 Å². The Kier molecular flexibility index (Phi) is 6.75. The molecule has 1 amide bonds. The van der Waals surface area contributed by atoms with Crippen molar-refractivity contribution in [2.24, 2.45) is 0 Å². The SMILES string of the molecule is Cc1ccc(-c2ccc(/C=C3\SC(=S)N(C(CCC(=O)O)C(=O)O)C3=O)o2)c([N+](=O)[O-])c1. The summed E-state index contributed by atoms with van der Waals surface area (Å²) in [5.74, 6) is -2.80. The van der Waals surface area contributed by atoms with Crippen molar-refractivity contribution >= 4 is 57.9 Å². The third kappa shape index (κ3) is 4.86. The van der Waals surface area contributed by atoms with Gasteiger partial charge in [0.25, 0.3) is 11.6 Å². The lowest BCUT2D eigenvalue weighted by Crippen LogP contribution is -2.44. The summed E-state index contributed by atoms with van der Waals surface area (Å²) in [5, 5.41) is 29.6. The molecule has 1 fully saturated rings. The van der Waals surface area contributed by atoms with E-state index in [1.165, 1.54) is 24.3 Å². The van der Waals surface area contributed by atoms with Crippen LogP contribution in [-0.2, 0) is 14.4 Å². The van der Waals surface area contributed by atoms with E-state index in [2.05, 4.69) is 0 Å². The Morgan fingerprint density at radius 2 is 2.03 bits per heavy atom. The van der Waals surface area contributed by atoms with E-state index in [0.29, 0.717) is 5.56 Å². The van der Waals surface area contributed by atoms with E-state index in [1.807, 2.05) is 0 Å². The number of thiocarbonyl (C=S) groups is 1. The molecule has 1 aromatic carbocycles. The van der Waals surface area contributed by atoms with Crippen LogP contribution in [0.2, 0.25) is 0 Å². The highest BCUT2D eigenvalue weighted by Crippen LogP contribution is 2.37. The molecule has 0 spiro atoms. The molecular weight excluding hydrogens is 460 g/mol. The van der Waals surface area contributed by atoms with Gasteiger partial charge >= 0.3 is 11.9 Å². The molecule has 0 aliphatic carbocycles. The number of hydrogen-bond acceptors (Lipinski definition) is 8. The van der Waals surface area contributed by atoms with Gasteiger partial charge in [0.1, 0.15) is 21.9 Å². The smallest absolute Gasteiger partial charge is 0.326 e. The van der Waals surface area contributed by atoms with Gasteiger partial charge in [0.2, 0.25) is 0 Å². The summed E-state index contributed by atoms with van der Waals surface area (Å²) in [6.45, 7) is 1.73. The van der Waals surface area contributed by atoms with Crippen LogP contribution in [0.5, 0.6) is 0 Å². The Balaban J connectivity index is 1.88. The van der Waals surface area contributed by atoms with Crippen LogP contribution in [0.25, 0.3) is 17.4 Å². The Hall–Kier alpha value is -3.51. The molecular formula is C20H16N2O8S2. The molecule has 32 heavy (non-hydrogen) atoms. The Labute approximate surface area is 190 Å². The van der Waals surface area contributed by atoms with E-state index in [4.69, 9.17) is 21.7 Å². The lowest BCUT2D eigenvalue weighted by molar-refractivity contribution is -0.384. The molecule has 1 unspecified atom stereocenters. The third-order valence-electron chi connectivity index (χ3n) is 4.57. The summed E-state index contributed by atoms with van der Waals surface area (Å²) < 4.78 is 5.65. The summed E-state index contributed by atoms with van der Waals surface area (Å²) in [6, 6.07) is 6.33. The van der Waals surface area contributed by atoms with E-state index in [1.54, 1.807) is 19.1 Å². The van der Waals surface area contributed by atoms with Crippen molar-refractivity contribution in [2.75, 3.05) is 0 Å². The number of thioether (sulfide) groups is 1. The first-order valence-electron chi connectivity index (χ1n) is 9.15. The van der Waals surface area contributed by atoms with Gasteiger partial charge in [0, 0.05) is 18.6 Å². The zero-order chi connectivity index (χ0) is 23.6. The number of nitrogens with zero attached hydrogens (tertiary/aromatic N) is 2. The maximum Gasteiger partial charge on any atom is 0.326 e. The minimum atomic E-state index is -1.41. The second-order valence-corrected chi connectivity index (χ2v) is 8.49. The highest BCUT2D eigenvalue weighted by atomic mass is 32.2. The maximum absolute atomic E-state index is 12.8. The highest BCUT2D eigenvalue weighted by Gasteiger charge is 2.40. The molecule has 0 saturated carbocycles. The molecule has 1 aliphatic heterocycles. The lowest BCUT2D eigenvalue weighted by Gasteiger charge is -2.22. The van der Waals surface area contributed by atoms with Gasteiger partial charge in [0.15, 0.2) is 0 Å². The van der Waals surface area contributed by atoms with Crippen molar-refractivity contribution in [3.63, 3.8) is 0 Å². The van der Waals surface area contributed by atoms with Gasteiger partial charge in [-0.2, -0.15) is 0 Å². The number of aryl methyl sites for hydroxylation is 1. The molecule has 1 aromatic heterocycles. The number of nitro benzene ring substituents is 1. The number of rotatable bonds is 8. The number of benzene rings is 1. The van der Waals surface area contributed by atoms with E-state index in [0.717, 1.165) is 16.7 Å². The topological polar surface area (TPSA) is 151 Å². The van der Waals surface area contributed by atoms with Crippen LogP contribution >= 0.6 is 24.0 Å². The largest absolute Gasteiger partial charge is 0.481 e. The minimum absolute atomic E-state index is 0.0139. The van der Waals surface area contributed by atoms with Crippen LogP contribution < -0.4 is 0 Å². The second kappa shape index (κ2) is 9.32. The van der Waals surface area contributed by atoms with Crippen LogP contribution in [0.3, 0.4) is 0 Å². The van der Waals surface area contributed by atoms with Crippen LogP contribution in [0.4, 0.5) is 5.69 Å². The van der Waals surface area contributed by atoms with E-state index < -0.39 is 35.2 Å². The van der Waals surface area contributed by atoms with Crippen LogP contribution in [0.1, 0.15) is 24.2 Å². The number of aliphatic carboxylic acids is 2. The highest BCUT2D eigenvalue weighted by molar-refractivity contribution is 8.26. The van der Waals surface area contributed by atoms with Crippen molar-refractivity contribution < 1.29 is 33.9 Å². The quantitative estimate of drug-likeness (QED) is 0.250. The van der Waals surface area contributed by atoms with Gasteiger partial charge in [-0.25, -0.2) is 4.79 Å². The van der Waals surface area contributed by atoms with E-state index in [-0.39, 0.29) is 38.4 Å². The van der Waals surface area contributed by atoms with Gasteiger partial charge in [-0.3, -0.25) is 24.6 Å². The normalized spacial score (nSPS) is 15.9. The predicted molar refractivity (Wildman–Crippen MR) is 119 cm³/mol. The first-order valence-corrected chi connectivity index (χ1v) is 10.4. The van der Waals surface area contributed by atoms with Crippen molar-refractivity contribution in [3.05, 3.63) is 56.7 Å². The molecule has 1 atom stereocenters. The fourth-order valence-electron chi connectivity index (χ4n) is 3.08. The average molecular weight is 476 g/mol. The maximum atomic E-state index is 12.8. The number of carboxylic acid groups (broad SMARTS) is 2. The summed E-state index contributed by atoms with van der Waals surface area (Å²) in [7, 11) is 0. The van der Waals surface area contributed by atoms with Crippen molar-refractivity contribution in [3.8, 4) is 11.3 Å². The molecule has 1 aliphatic rings. The van der Waals surface area contributed by atoms with Gasteiger partial charge < -0.3 is 14.6 Å². The van der Waals surface area contributed by atoms with E-state index in [9.17, 15) is 29.6 Å². The van der Waals surface area contributed by atoms with Crippen LogP contribution in [0, 0.1) is 17.0 Å². The number of furan rings is 1. The molecule has 2 aromatic rings. The number of amides is 1. The molecule has 0 bridgehead atoms. The Bertz CT molecular complexity index is 1170. The summed E-state index contributed by atoms with van der Waals surface area (Å²) in [6.07, 6.45) is 0.620. The molecule has 2 N–H and O–H groups in total. The van der Waals surface area contributed by atoms with Crippen molar-refractivity contribution in [2.45, 2.75) is 25.8 Å². The first kappa shape index (κ1) is 23.2. The van der Waals surface area contributed by atoms with Crippen LogP contribution in [-0.4, -0.2) is 48.2 Å². The second-order valence-electron chi connectivity index (χ2n) is 6.82. The Morgan fingerprint density at radius 3 is 2.66 bits per heavy atom. The lowest BCUT2D eigenvalue weighted by atomic mass is 10.1. The summed E-state index contributed by atoms with van der Waals surface area (Å²) >= 11 is 6.00. The van der Waals surface area contributed by atoms with Gasteiger partial charge in [0.05, 0.1) is 15.4 Å². The number of carbonyl (C=O) groups excluding carboxylic acids is 1. The number of carboxylic acids is 2. The molecule has 2 heterocycles. The molecule has 1 saturated heterocycles.